The Labute approximate surface area is 337 Å². The second kappa shape index (κ2) is 19.0. The number of nitrogens with zero attached hydrogens (tertiary/aromatic N) is 2. The number of carboxylic acids is 1. The van der Waals surface area contributed by atoms with E-state index in [0.717, 1.165) is 9.87 Å². The van der Waals surface area contributed by atoms with Gasteiger partial charge in [0.05, 0.1) is 11.3 Å². The number of sulfonamides is 1. The molecule has 0 bridgehead atoms. The van der Waals surface area contributed by atoms with Crippen molar-refractivity contribution >= 4 is 74.3 Å². The van der Waals surface area contributed by atoms with Crippen LogP contribution in [0.25, 0.3) is 0 Å². The van der Waals surface area contributed by atoms with Gasteiger partial charge in [-0.25, -0.2) is 18.0 Å². The van der Waals surface area contributed by atoms with Crippen LogP contribution in [0.2, 0.25) is 10.0 Å². The Hall–Kier alpha value is -4.70. The van der Waals surface area contributed by atoms with Gasteiger partial charge in [-0.05, 0) is 93.0 Å². The molecular weight excluding hydrogens is 783 g/mol. The van der Waals surface area contributed by atoms with Gasteiger partial charge in [0, 0.05) is 41.6 Å². The number of carboxylic acid groups (broad SMARTS) is 1. The van der Waals surface area contributed by atoms with Gasteiger partial charge in [0.25, 0.3) is 0 Å². The molecule has 0 aliphatic carbocycles. The lowest BCUT2D eigenvalue weighted by Gasteiger charge is -2.34. The third-order valence-electron chi connectivity index (χ3n) is 9.64. The van der Waals surface area contributed by atoms with Crippen LogP contribution in [-0.2, 0) is 35.6 Å². The molecule has 0 saturated carbocycles. The fourth-order valence-electron chi connectivity index (χ4n) is 6.45. The van der Waals surface area contributed by atoms with Crippen molar-refractivity contribution in [3.05, 3.63) is 87.9 Å². The van der Waals surface area contributed by atoms with Crippen molar-refractivity contribution in [2.24, 2.45) is 5.92 Å². The fourth-order valence-corrected chi connectivity index (χ4v) is 8.98. The first-order valence-electron chi connectivity index (χ1n) is 18.1. The van der Waals surface area contributed by atoms with Gasteiger partial charge in [0.2, 0.25) is 27.7 Å². The van der Waals surface area contributed by atoms with Gasteiger partial charge in [-0.3, -0.25) is 14.4 Å². The Morgan fingerprint density at radius 1 is 0.964 bits per heavy atom. The highest BCUT2D eigenvalue weighted by molar-refractivity contribution is 7.89. The van der Waals surface area contributed by atoms with Gasteiger partial charge in [-0.2, -0.15) is 4.31 Å². The van der Waals surface area contributed by atoms with Gasteiger partial charge in [-0.1, -0.05) is 67.4 Å². The molecule has 14 nitrogen and oxygen atoms in total. The summed E-state index contributed by atoms with van der Waals surface area (Å²) in [5.74, 6) is -2.97. The SMILES string of the molecule is Cc1ccccc1NC(=O)Nc1ccc(CC(=O)N(C)[C@@H](CC(C)C)C(=O)NCC[C@H](NC(=O)[C@]2(C)CCCN2S(=O)(=O)c2cc(Cl)cc(Cl)c2)C(=O)O)cc1. The molecule has 5 N–H and O–H groups in total. The van der Waals surface area contributed by atoms with Crippen molar-refractivity contribution in [3.8, 4) is 0 Å². The zero-order valence-corrected chi connectivity index (χ0v) is 34.2. The minimum absolute atomic E-state index is 0.0168. The van der Waals surface area contributed by atoms with Crippen LogP contribution in [0, 0.1) is 12.8 Å². The number of likely N-dealkylation sites (N-methyl/N-ethyl adjacent to an activating group) is 1. The summed E-state index contributed by atoms with van der Waals surface area (Å²) in [7, 11) is -2.72. The lowest BCUT2D eigenvalue weighted by molar-refractivity contribution is -0.143. The number of benzene rings is 3. The molecule has 3 aromatic carbocycles. The van der Waals surface area contributed by atoms with Crippen molar-refractivity contribution < 1.29 is 37.5 Å². The minimum atomic E-state index is -4.24. The van der Waals surface area contributed by atoms with E-state index in [-0.39, 0.29) is 59.1 Å². The normalized spacial score (nSPS) is 16.8. The van der Waals surface area contributed by atoms with Crippen molar-refractivity contribution in [1.82, 2.24) is 19.8 Å². The summed E-state index contributed by atoms with van der Waals surface area (Å²) in [4.78, 5) is 66.4. The predicted octanol–water partition coefficient (Wildman–Crippen LogP) is 5.68. The summed E-state index contributed by atoms with van der Waals surface area (Å²) in [6, 6.07) is 15.2. The molecule has 5 amide bonds. The van der Waals surface area contributed by atoms with E-state index in [1.165, 1.54) is 37.1 Å². The summed E-state index contributed by atoms with van der Waals surface area (Å²) in [6.45, 7) is 6.99. The van der Waals surface area contributed by atoms with Gasteiger partial charge in [-0.15, -0.1) is 0 Å². The molecule has 3 aromatic rings. The van der Waals surface area contributed by atoms with Crippen molar-refractivity contribution in [2.75, 3.05) is 30.8 Å². The second-order valence-electron chi connectivity index (χ2n) is 14.4. The van der Waals surface area contributed by atoms with E-state index in [1.54, 1.807) is 30.3 Å². The smallest absolute Gasteiger partial charge is 0.326 e. The third kappa shape index (κ3) is 11.2. The number of carbonyl (C=O) groups is 5. The Morgan fingerprint density at radius 3 is 2.21 bits per heavy atom. The van der Waals surface area contributed by atoms with E-state index in [0.29, 0.717) is 29.8 Å². The zero-order valence-electron chi connectivity index (χ0n) is 31.9. The molecule has 0 spiro atoms. The van der Waals surface area contributed by atoms with Gasteiger partial charge < -0.3 is 31.3 Å². The molecule has 0 aromatic heterocycles. The van der Waals surface area contributed by atoms with Crippen LogP contribution in [0.1, 0.15) is 57.6 Å². The maximum Gasteiger partial charge on any atom is 0.326 e. The number of anilines is 2. The molecule has 17 heteroatoms. The quantitative estimate of drug-likeness (QED) is 0.122. The first-order valence-corrected chi connectivity index (χ1v) is 20.3. The van der Waals surface area contributed by atoms with Gasteiger partial charge in [0.15, 0.2) is 0 Å². The highest BCUT2D eigenvalue weighted by Crippen LogP contribution is 2.36. The standard InChI is InChI=1S/C39H48Cl2N6O8S/c1-24(2)19-33(46(5)34(48)20-26-11-13-29(14-12-26)43-38(53)45-31-10-7-6-9-25(31)3)35(49)42-17-15-32(36(50)51)44-37(52)39(4)16-8-18-47(39)56(54,55)30-22-27(40)21-28(41)23-30/h6-7,9-14,21-24,32-33H,8,15-20H2,1-5H3,(H,42,49)(H,44,52)(H,50,51)(H2,43,45,53)/t32-,33-,39-/m0/s1. The average molecular weight is 832 g/mol. The van der Waals surface area contributed by atoms with Crippen LogP contribution in [0.3, 0.4) is 0 Å². The molecule has 1 aliphatic heterocycles. The van der Waals surface area contributed by atoms with E-state index < -0.39 is 51.5 Å². The number of amides is 5. The number of hydrogen-bond acceptors (Lipinski definition) is 7. The average Bonchev–Trinajstić information content (AvgIpc) is 3.54. The maximum absolute atomic E-state index is 13.6. The zero-order chi connectivity index (χ0) is 41.4. The lowest BCUT2D eigenvalue weighted by Crippen LogP contribution is -2.58. The molecule has 56 heavy (non-hydrogen) atoms. The molecule has 1 saturated heterocycles. The van der Waals surface area contributed by atoms with Crippen LogP contribution in [0.4, 0.5) is 16.2 Å². The van der Waals surface area contributed by atoms with Crippen LogP contribution in [0.5, 0.6) is 0 Å². The summed E-state index contributed by atoms with van der Waals surface area (Å²) in [6.07, 6.45) is 0.586. The maximum atomic E-state index is 13.6. The molecule has 1 aliphatic rings. The fraction of sp³-hybridized carbons (Fsp3) is 0.410. The molecule has 302 valence electrons. The Morgan fingerprint density at radius 2 is 1.61 bits per heavy atom. The number of aryl methyl sites for hydroxylation is 1. The summed E-state index contributed by atoms with van der Waals surface area (Å²) < 4.78 is 28.2. The van der Waals surface area contributed by atoms with Crippen LogP contribution in [0.15, 0.2) is 71.6 Å². The van der Waals surface area contributed by atoms with E-state index in [4.69, 9.17) is 23.2 Å². The number of halogens is 2. The molecule has 3 atom stereocenters. The lowest BCUT2D eigenvalue weighted by atomic mass is 9.98. The van der Waals surface area contributed by atoms with Crippen molar-refractivity contribution in [1.29, 1.82) is 0 Å². The number of carbonyl (C=O) groups excluding carboxylic acids is 4. The van der Waals surface area contributed by atoms with Crippen LogP contribution >= 0.6 is 23.2 Å². The number of rotatable bonds is 16. The molecule has 0 unspecified atom stereocenters. The van der Waals surface area contributed by atoms with Crippen molar-refractivity contribution in [3.63, 3.8) is 0 Å². The van der Waals surface area contributed by atoms with E-state index in [9.17, 15) is 37.5 Å². The molecule has 1 heterocycles. The van der Waals surface area contributed by atoms with Crippen molar-refractivity contribution in [2.45, 2.75) is 82.3 Å². The largest absolute Gasteiger partial charge is 0.480 e. The minimum Gasteiger partial charge on any atom is -0.480 e. The number of urea groups is 1. The summed E-state index contributed by atoms with van der Waals surface area (Å²) in [5.41, 5.74) is 1.17. The topological polar surface area (TPSA) is 194 Å². The third-order valence-corrected chi connectivity index (χ3v) is 12.1. The van der Waals surface area contributed by atoms with E-state index >= 15 is 0 Å². The van der Waals surface area contributed by atoms with Crippen LogP contribution < -0.4 is 21.3 Å². The first kappa shape index (κ1) is 44.0. The number of hydrogen-bond donors (Lipinski definition) is 5. The highest BCUT2D eigenvalue weighted by Gasteiger charge is 2.50. The van der Waals surface area contributed by atoms with Crippen LogP contribution in [-0.4, -0.2) is 90.2 Å². The second-order valence-corrected chi connectivity index (χ2v) is 17.2. The molecular formula is C39H48Cl2N6O8S. The number of aliphatic carboxylic acids is 1. The van der Waals surface area contributed by atoms with Gasteiger partial charge >= 0.3 is 12.0 Å². The van der Waals surface area contributed by atoms with E-state index in [2.05, 4.69) is 21.3 Å². The van der Waals surface area contributed by atoms with E-state index in [1.807, 2.05) is 39.0 Å². The Balaban J connectivity index is 1.34. The first-order chi connectivity index (χ1) is 26.3. The Kier molecular flexibility index (Phi) is 14.9. The van der Waals surface area contributed by atoms with Gasteiger partial charge in [0.1, 0.15) is 17.6 Å². The molecule has 1 fully saturated rings. The molecule has 0 radical (unpaired) electrons. The summed E-state index contributed by atoms with van der Waals surface area (Å²) >= 11 is 12.1. The monoisotopic (exact) mass is 830 g/mol. The summed E-state index contributed by atoms with van der Waals surface area (Å²) in [5, 5.41) is 20.9. The number of nitrogens with one attached hydrogen (secondary N) is 4. The highest BCUT2D eigenvalue weighted by atomic mass is 35.5. The predicted molar refractivity (Wildman–Crippen MR) is 215 cm³/mol. The number of para-hydroxylation sites is 1. The molecule has 4 rings (SSSR count). The Bertz CT molecular complexity index is 2030.